The highest BCUT2D eigenvalue weighted by molar-refractivity contribution is 5.97. The number of hydrogen-bond donors (Lipinski definition) is 1. The number of fused-ring (bicyclic) bond motifs is 1. The molecule has 2 atom stereocenters. The number of ether oxygens (including phenoxy) is 2. The van der Waals surface area contributed by atoms with Crippen molar-refractivity contribution in [3.8, 4) is 11.5 Å². The van der Waals surface area contributed by atoms with Crippen molar-refractivity contribution in [1.82, 2.24) is 0 Å². The molecule has 26 heavy (non-hydrogen) atoms. The van der Waals surface area contributed by atoms with Crippen molar-refractivity contribution in [2.45, 2.75) is 32.0 Å². The van der Waals surface area contributed by atoms with Crippen LogP contribution in [-0.2, 0) is 9.59 Å². The maximum absolute atomic E-state index is 12.6. The molecule has 0 saturated carbocycles. The van der Waals surface area contributed by atoms with Gasteiger partial charge in [-0.1, -0.05) is 12.1 Å². The van der Waals surface area contributed by atoms with Crippen molar-refractivity contribution in [2.24, 2.45) is 0 Å². The number of anilines is 2. The third-order valence-corrected chi connectivity index (χ3v) is 4.62. The predicted molar refractivity (Wildman–Crippen MR) is 97.6 cm³/mol. The van der Waals surface area contributed by atoms with Crippen molar-refractivity contribution in [3.63, 3.8) is 0 Å². The molecule has 6 heteroatoms. The normalized spacial score (nSPS) is 21.6. The Hall–Kier alpha value is -3.02. The minimum atomic E-state index is -0.732. The Bertz CT molecular complexity index is 834. The first kappa shape index (κ1) is 16.4. The minimum Gasteiger partial charge on any atom is -0.482 e. The summed E-state index contributed by atoms with van der Waals surface area (Å²) in [4.78, 5) is 26.2. The van der Waals surface area contributed by atoms with Gasteiger partial charge in [-0.15, -0.1) is 0 Å². The van der Waals surface area contributed by atoms with Gasteiger partial charge in [0.1, 0.15) is 6.10 Å². The van der Waals surface area contributed by atoms with Crippen molar-refractivity contribution < 1.29 is 19.1 Å². The van der Waals surface area contributed by atoms with Crippen LogP contribution >= 0.6 is 0 Å². The summed E-state index contributed by atoms with van der Waals surface area (Å²) in [6.07, 6.45) is 0.350. The zero-order valence-corrected chi connectivity index (χ0v) is 14.5. The number of carbonyl (C=O) groups is 2. The van der Waals surface area contributed by atoms with Gasteiger partial charge in [0.2, 0.25) is 12.0 Å². The van der Waals surface area contributed by atoms with Crippen LogP contribution in [0.2, 0.25) is 0 Å². The highest BCUT2D eigenvalue weighted by Gasteiger charge is 2.34. The van der Waals surface area contributed by atoms with E-state index in [1.165, 1.54) is 0 Å². The van der Waals surface area contributed by atoms with E-state index in [1.54, 1.807) is 23.1 Å². The van der Waals surface area contributed by atoms with Crippen LogP contribution in [0.4, 0.5) is 11.4 Å². The highest BCUT2D eigenvalue weighted by Crippen LogP contribution is 2.33. The lowest BCUT2D eigenvalue weighted by Gasteiger charge is -2.31. The summed E-state index contributed by atoms with van der Waals surface area (Å²) in [5.74, 6) is 1.08. The van der Waals surface area contributed by atoms with Gasteiger partial charge in [0.25, 0.3) is 5.91 Å². The van der Waals surface area contributed by atoms with E-state index in [-0.39, 0.29) is 11.8 Å². The minimum absolute atomic E-state index is 0.141. The summed E-state index contributed by atoms with van der Waals surface area (Å²) in [5.41, 5.74) is 1.50. The van der Waals surface area contributed by atoms with Gasteiger partial charge in [-0.3, -0.25) is 9.59 Å². The smallest absolute Gasteiger partial charge is 0.269 e. The lowest BCUT2D eigenvalue weighted by molar-refractivity contribution is -0.128. The summed E-state index contributed by atoms with van der Waals surface area (Å²) < 4.78 is 11.6. The largest absolute Gasteiger partial charge is 0.482 e. The number of hydrogen-bond acceptors (Lipinski definition) is 4. The Balaban J connectivity index is 1.44. The lowest BCUT2D eigenvalue weighted by atomic mass is 10.1. The van der Waals surface area contributed by atoms with E-state index in [4.69, 9.17) is 9.47 Å². The maximum Gasteiger partial charge on any atom is 0.269 e. The van der Waals surface area contributed by atoms with Crippen molar-refractivity contribution >= 4 is 23.2 Å². The van der Waals surface area contributed by atoms with E-state index < -0.39 is 12.2 Å². The third kappa shape index (κ3) is 3.10. The number of rotatable bonds is 3. The molecule has 6 nitrogen and oxygen atoms in total. The molecule has 1 saturated heterocycles. The number of para-hydroxylation sites is 2. The zero-order valence-electron chi connectivity index (χ0n) is 14.5. The topological polar surface area (TPSA) is 67.9 Å². The standard InChI is InChI=1S/C20H20N2O4/c1-13-19(26-17-6-3-2-5-16(17)25-13)20(24)21-14-8-10-15(11-9-14)22-12-4-7-18(22)23/h2-3,5-6,8-11,13,19H,4,7,12H2,1H3,(H,21,24)/t13-,19+/m1/s1. The van der Waals surface area contributed by atoms with E-state index in [1.807, 2.05) is 37.3 Å². The fraction of sp³-hybridized carbons (Fsp3) is 0.300. The number of amides is 2. The number of carbonyl (C=O) groups excluding carboxylic acids is 2. The Morgan fingerprint density at radius 1 is 1.08 bits per heavy atom. The lowest BCUT2D eigenvalue weighted by Crippen LogP contribution is -2.46. The molecule has 0 aliphatic carbocycles. The van der Waals surface area contributed by atoms with E-state index in [2.05, 4.69) is 5.32 Å². The van der Waals surface area contributed by atoms with Crippen LogP contribution in [0.15, 0.2) is 48.5 Å². The molecular weight excluding hydrogens is 332 g/mol. The van der Waals surface area contributed by atoms with Gasteiger partial charge in [-0.2, -0.15) is 0 Å². The van der Waals surface area contributed by atoms with Gasteiger partial charge < -0.3 is 19.7 Å². The molecule has 2 aromatic carbocycles. The average Bonchev–Trinajstić information content (AvgIpc) is 3.07. The molecule has 2 aromatic rings. The van der Waals surface area contributed by atoms with E-state index in [0.29, 0.717) is 23.6 Å². The molecule has 2 heterocycles. The Morgan fingerprint density at radius 2 is 1.77 bits per heavy atom. The average molecular weight is 352 g/mol. The first-order valence-corrected chi connectivity index (χ1v) is 8.75. The molecule has 0 unspecified atom stereocenters. The van der Waals surface area contributed by atoms with Crippen molar-refractivity contribution in [3.05, 3.63) is 48.5 Å². The number of nitrogens with one attached hydrogen (secondary N) is 1. The predicted octanol–water partition coefficient (Wildman–Crippen LogP) is 2.98. The van der Waals surface area contributed by atoms with E-state index in [9.17, 15) is 9.59 Å². The van der Waals surface area contributed by atoms with Crippen LogP contribution in [0.25, 0.3) is 0 Å². The van der Waals surface area contributed by atoms with Gasteiger partial charge in [0.05, 0.1) is 0 Å². The molecule has 1 fully saturated rings. The summed E-state index contributed by atoms with van der Waals surface area (Å²) in [6, 6.07) is 14.6. The highest BCUT2D eigenvalue weighted by atomic mass is 16.6. The van der Waals surface area contributed by atoms with E-state index >= 15 is 0 Å². The van der Waals surface area contributed by atoms with Crippen molar-refractivity contribution in [1.29, 1.82) is 0 Å². The van der Waals surface area contributed by atoms with Gasteiger partial charge >= 0.3 is 0 Å². The molecule has 2 amide bonds. The second kappa shape index (κ2) is 6.71. The first-order chi connectivity index (χ1) is 12.6. The fourth-order valence-electron chi connectivity index (χ4n) is 3.27. The Morgan fingerprint density at radius 3 is 2.42 bits per heavy atom. The third-order valence-electron chi connectivity index (χ3n) is 4.62. The Kier molecular flexibility index (Phi) is 4.24. The monoisotopic (exact) mass is 352 g/mol. The molecule has 0 spiro atoms. The zero-order chi connectivity index (χ0) is 18.1. The molecule has 2 aliphatic heterocycles. The molecule has 0 bridgehead atoms. The van der Waals surface area contributed by atoms with Crippen molar-refractivity contribution in [2.75, 3.05) is 16.8 Å². The summed E-state index contributed by atoms with van der Waals surface area (Å²) >= 11 is 0. The van der Waals surface area contributed by atoms with Crippen LogP contribution < -0.4 is 19.7 Å². The fourth-order valence-corrected chi connectivity index (χ4v) is 3.27. The van der Waals surface area contributed by atoms with Gasteiger partial charge in [-0.05, 0) is 49.7 Å². The molecule has 0 radical (unpaired) electrons. The Labute approximate surface area is 151 Å². The molecule has 134 valence electrons. The second-order valence-corrected chi connectivity index (χ2v) is 6.49. The SMILES string of the molecule is C[C@H]1Oc2ccccc2O[C@@H]1C(=O)Nc1ccc(N2CCCC2=O)cc1. The quantitative estimate of drug-likeness (QED) is 0.922. The van der Waals surface area contributed by atoms with E-state index in [0.717, 1.165) is 18.7 Å². The molecule has 0 aromatic heterocycles. The summed E-state index contributed by atoms with van der Waals surface area (Å²) in [7, 11) is 0. The molecule has 4 rings (SSSR count). The second-order valence-electron chi connectivity index (χ2n) is 6.49. The van der Waals surface area contributed by atoms with Gasteiger partial charge in [-0.25, -0.2) is 0 Å². The molecular formula is C20H20N2O4. The van der Waals surface area contributed by atoms with Gasteiger partial charge in [0, 0.05) is 24.3 Å². The van der Waals surface area contributed by atoms with Crippen LogP contribution in [0.3, 0.4) is 0 Å². The molecule has 1 N–H and O–H groups in total. The van der Waals surface area contributed by atoms with Crippen LogP contribution in [-0.4, -0.2) is 30.6 Å². The number of nitrogens with zero attached hydrogens (tertiary/aromatic N) is 1. The molecule has 2 aliphatic rings. The van der Waals surface area contributed by atoms with Crippen LogP contribution in [0.5, 0.6) is 11.5 Å². The summed E-state index contributed by atoms with van der Waals surface area (Å²) in [6.45, 7) is 2.55. The first-order valence-electron chi connectivity index (χ1n) is 8.75. The maximum atomic E-state index is 12.6. The van der Waals surface area contributed by atoms with Crippen LogP contribution in [0, 0.1) is 0 Å². The van der Waals surface area contributed by atoms with Crippen LogP contribution in [0.1, 0.15) is 19.8 Å². The summed E-state index contributed by atoms with van der Waals surface area (Å²) in [5, 5.41) is 2.85. The number of benzene rings is 2. The van der Waals surface area contributed by atoms with Gasteiger partial charge in [0.15, 0.2) is 11.5 Å².